The maximum atomic E-state index is 14.9. The first-order chi connectivity index (χ1) is 17.8. The number of aryl methyl sites for hydroxylation is 1. The Kier molecular flexibility index (Phi) is 8.69. The second kappa shape index (κ2) is 11.8. The molecule has 1 saturated heterocycles. The zero-order valence-corrected chi connectivity index (χ0v) is 23.8. The summed E-state index contributed by atoms with van der Waals surface area (Å²) in [5.74, 6) is 0.275. The summed E-state index contributed by atoms with van der Waals surface area (Å²) in [6.45, 7) is 14.2. The second-order valence-corrected chi connectivity index (χ2v) is 9.73. The lowest BCUT2D eigenvalue weighted by molar-refractivity contribution is 0.132. The molecule has 1 aromatic carbocycles. The van der Waals surface area contributed by atoms with Crippen LogP contribution >= 0.6 is 17.0 Å². The minimum Gasteiger partial charge on any atom is -0.326 e. The molecule has 1 N–H and O–H groups in total. The SMILES string of the molecule is Br.CCN1CCN(Cc2ccc(Nc3ncc(F)c(-c4cc(F)c5nc(C)n(C(C)C)c5c4)n3)nc2)CC1. The van der Waals surface area contributed by atoms with E-state index in [-0.39, 0.29) is 40.2 Å². The van der Waals surface area contributed by atoms with Crippen molar-refractivity contribution in [3.05, 3.63) is 59.7 Å². The number of pyridine rings is 1. The van der Waals surface area contributed by atoms with Crippen molar-refractivity contribution < 1.29 is 8.78 Å². The minimum absolute atomic E-state index is 0. The number of halogens is 3. The minimum atomic E-state index is -0.636. The maximum absolute atomic E-state index is 14.9. The molecule has 5 rings (SSSR count). The Hall–Kier alpha value is -3.02. The van der Waals surface area contributed by atoms with E-state index >= 15 is 0 Å². The van der Waals surface area contributed by atoms with Crippen molar-refractivity contribution in [1.29, 1.82) is 0 Å². The summed E-state index contributed by atoms with van der Waals surface area (Å²) in [4.78, 5) is 22.1. The molecule has 38 heavy (non-hydrogen) atoms. The van der Waals surface area contributed by atoms with Crippen LogP contribution in [0.4, 0.5) is 20.5 Å². The summed E-state index contributed by atoms with van der Waals surface area (Å²) in [5.41, 5.74) is 2.32. The first kappa shape index (κ1) is 28.0. The van der Waals surface area contributed by atoms with Crippen LogP contribution in [-0.2, 0) is 6.54 Å². The summed E-state index contributed by atoms with van der Waals surface area (Å²) in [6.07, 6.45) is 2.92. The number of nitrogens with one attached hydrogen (secondary N) is 1. The second-order valence-electron chi connectivity index (χ2n) is 9.73. The molecule has 1 aliphatic rings. The van der Waals surface area contributed by atoms with Gasteiger partial charge in [0.2, 0.25) is 5.95 Å². The number of benzene rings is 1. The van der Waals surface area contributed by atoms with Gasteiger partial charge >= 0.3 is 0 Å². The number of likely N-dealkylation sites (N-methyl/N-ethyl adjacent to an activating group) is 1. The Morgan fingerprint density at radius 3 is 2.34 bits per heavy atom. The highest BCUT2D eigenvalue weighted by molar-refractivity contribution is 8.93. The third-order valence-corrected chi connectivity index (χ3v) is 6.84. The summed E-state index contributed by atoms with van der Waals surface area (Å²) >= 11 is 0. The highest BCUT2D eigenvalue weighted by Crippen LogP contribution is 2.30. The molecule has 0 bridgehead atoms. The molecule has 3 aromatic heterocycles. The summed E-state index contributed by atoms with van der Waals surface area (Å²) < 4.78 is 31.7. The first-order valence-corrected chi connectivity index (χ1v) is 12.7. The van der Waals surface area contributed by atoms with Crippen LogP contribution in [0.15, 0.2) is 36.7 Å². The van der Waals surface area contributed by atoms with Crippen LogP contribution in [0, 0.1) is 18.6 Å². The van der Waals surface area contributed by atoms with Crippen molar-refractivity contribution in [3.63, 3.8) is 0 Å². The van der Waals surface area contributed by atoms with Gasteiger partial charge in [-0.15, -0.1) is 17.0 Å². The Morgan fingerprint density at radius 1 is 0.947 bits per heavy atom. The van der Waals surface area contributed by atoms with Crippen molar-refractivity contribution in [3.8, 4) is 11.3 Å². The molecule has 0 spiro atoms. The number of nitrogens with zero attached hydrogens (tertiary/aromatic N) is 7. The third-order valence-electron chi connectivity index (χ3n) is 6.84. The Balaban J connectivity index is 0.00000336. The van der Waals surface area contributed by atoms with Gasteiger partial charge in [-0.3, -0.25) is 4.90 Å². The molecule has 202 valence electrons. The van der Waals surface area contributed by atoms with E-state index in [9.17, 15) is 8.78 Å². The van der Waals surface area contributed by atoms with Crippen molar-refractivity contribution >= 4 is 39.8 Å². The maximum Gasteiger partial charge on any atom is 0.229 e. The molecule has 0 amide bonds. The molecule has 0 radical (unpaired) electrons. The van der Waals surface area contributed by atoms with E-state index in [4.69, 9.17) is 0 Å². The van der Waals surface area contributed by atoms with E-state index in [0.29, 0.717) is 22.7 Å². The van der Waals surface area contributed by atoms with Gasteiger partial charge in [0.15, 0.2) is 11.6 Å². The smallest absolute Gasteiger partial charge is 0.229 e. The molecule has 1 fully saturated rings. The largest absolute Gasteiger partial charge is 0.326 e. The van der Waals surface area contributed by atoms with Gasteiger partial charge < -0.3 is 14.8 Å². The number of fused-ring (bicyclic) bond motifs is 1. The number of imidazole rings is 1. The molecule has 0 saturated carbocycles. The van der Waals surface area contributed by atoms with Gasteiger partial charge in [0, 0.05) is 50.5 Å². The number of hydrogen-bond donors (Lipinski definition) is 1. The van der Waals surface area contributed by atoms with Gasteiger partial charge in [-0.05, 0) is 51.1 Å². The monoisotopic (exact) mass is 586 g/mol. The zero-order chi connectivity index (χ0) is 26.1. The zero-order valence-electron chi connectivity index (χ0n) is 22.1. The van der Waals surface area contributed by atoms with Gasteiger partial charge in [0.05, 0.1) is 11.7 Å². The molecular formula is C27H33BrF2N8. The van der Waals surface area contributed by atoms with E-state index in [0.717, 1.165) is 51.0 Å². The van der Waals surface area contributed by atoms with Crippen LogP contribution in [0.5, 0.6) is 0 Å². The van der Waals surface area contributed by atoms with Crippen LogP contribution in [0.25, 0.3) is 22.3 Å². The number of anilines is 2. The number of piperazine rings is 1. The Bertz CT molecular complexity index is 1400. The van der Waals surface area contributed by atoms with Gasteiger partial charge in [-0.2, -0.15) is 0 Å². The number of hydrogen-bond acceptors (Lipinski definition) is 7. The Morgan fingerprint density at radius 2 is 1.68 bits per heavy atom. The quantitative estimate of drug-likeness (QED) is 0.306. The van der Waals surface area contributed by atoms with Crippen LogP contribution in [0.1, 0.15) is 38.2 Å². The first-order valence-electron chi connectivity index (χ1n) is 12.7. The molecule has 0 aliphatic carbocycles. The van der Waals surface area contributed by atoms with Crippen LogP contribution in [0.3, 0.4) is 0 Å². The summed E-state index contributed by atoms with van der Waals surface area (Å²) in [6, 6.07) is 6.94. The van der Waals surface area contributed by atoms with E-state index in [1.807, 2.05) is 43.7 Å². The van der Waals surface area contributed by atoms with E-state index in [1.165, 1.54) is 6.07 Å². The molecule has 8 nitrogen and oxygen atoms in total. The van der Waals surface area contributed by atoms with Crippen molar-refractivity contribution in [2.45, 2.75) is 40.3 Å². The number of rotatable bonds is 7. The third kappa shape index (κ3) is 5.84. The van der Waals surface area contributed by atoms with E-state index < -0.39 is 11.6 Å². The normalized spacial score (nSPS) is 14.7. The lowest BCUT2D eigenvalue weighted by Crippen LogP contribution is -2.45. The molecule has 1 aliphatic heterocycles. The van der Waals surface area contributed by atoms with Gasteiger partial charge in [-0.1, -0.05) is 13.0 Å². The van der Waals surface area contributed by atoms with Crippen LogP contribution in [-0.4, -0.2) is 67.0 Å². The van der Waals surface area contributed by atoms with Crippen molar-refractivity contribution in [2.75, 3.05) is 38.0 Å². The van der Waals surface area contributed by atoms with Crippen molar-refractivity contribution in [2.24, 2.45) is 0 Å². The average molecular weight is 588 g/mol. The highest BCUT2D eigenvalue weighted by atomic mass is 79.9. The summed E-state index contributed by atoms with van der Waals surface area (Å²) in [5, 5.41) is 3.04. The molecule has 4 aromatic rings. The molecule has 4 heterocycles. The van der Waals surface area contributed by atoms with Gasteiger partial charge in [0.1, 0.15) is 22.9 Å². The van der Waals surface area contributed by atoms with E-state index in [1.54, 1.807) is 6.07 Å². The fourth-order valence-electron chi connectivity index (χ4n) is 4.92. The fourth-order valence-corrected chi connectivity index (χ4v) is 4.92. The van der Waals surface area contributed by atoms with E-state index in [2.05, 4.69) is 42.0 Å². The average Bonchev–Trinajstić information content (AvgIpc) is 3.23. The van der Waals surface area contributed by atoms with Gasteiger partial charge in [0.25, 0.3) is 0 Å². The van der Waals surface area contributed by atoms with Crippen LogP contribution < -0.4 is 5.32 Å². The predicted octanol–water partition coefficient (Wildman–Crippen LogP) is 5.51. The lowest BCUT2D eigenvalue weighted by atomic mass is 10.1. The Labute approximate surface area is 231 Å². The van der Waals surface area contributed by atoms with Crippen molar-refractivity contribution in [1.82, 2.24) is 34.3 Å². The molecular weight excluding hydrogens is 554 g/mol. The lowest BCUT2D eigenvalue weighted by Gasteiger charge is -2.33. The topological polar surface area (TPSA) is 75.0 Å². The predicted molar refractivity (Wildman–Crippen MR) is 151 cm³/mol. The van der Waals surface area contributed by atoms with Crippen LogP contribution in [0.2, 0.25) is 0 Å². The van der Waals surface area contributed by atoms with Gasteiger partial charge in [-0.25, -0.2) is 28.7 Å². The molecule has 0 unspecified atom stereocenters. The number of aromatic nitrogens is 5. The molecule has 11 heteroatoms. The molecule has 0 atom stereocenters. The summed E-state index contributed by atoms with van der Waals surface area (Å²) in [7, 11) is 0. The fraction of sp³-hybridized carbons (Fsp3) is 0.407. The highest BCUT2D eigenvalue weighted by Gasteiger charge is 2.19. The standard InChI is InChI=1S/C27H32F2N8.BrH/c1-5-35-8-10-36(11-9-35)16-19-6-7-24(30-14-19)33-27-31-15-22(29)25(34-27)20-12-21(28)26-23(13-20)37(17(2)3)18(4)32-26;/h6-7,12-15,17H,5,8-11,16H2,1-4H3,(H,30,31,33,34);1H.